The third-order valence-electron chi connectivity index (χ3n) is 2.95. The number of carbonyl (C=O) groups excluding carboxylic acids is 1. The Hall–Kier alpha value is -1.35. The SMILES string of the molecule is CC(C)CNC(C(N)=O)c1ccc(C(C)C)cc1. The van der Waals surface area contributed by atoms with Crippen LogP contribution in [0.2, 0.25) is 0 Å². The Balaban J connectivity index is 2.82. The van der Waals surface area contributed by atoms with Gasteiger partial charge in [-0.3, -0.25) is 4.79 Å². The van der Waals surface area contributed by atoms with E-state index in [9.17, 15) is 4.79 Å². The number of rotatable bonds is 6. The monoisotopic (exact) mass is 248 g/mol. The second-order valence-corrected chi connectivity index (χ2v) is 5.46. The number of nitrogens with two attached hydrogens (primary N) is 1. The van der Waals surface area contributed by atoms with E-state index in [0.717, 1.165) is 12.1 Å². The maximum Gasteiger partial charge on any atom is 0.239 e. The Morgan fingerprint density at radius 1 is 1.11 bits per heavy atom. The van der Waals surface area contributed by atoms with Gasteiger partial charge in [0.25, 0.3) is 0 Å². The third-order valence-corrected chi connectivity index (χ3v) is 2.95. The van der Waals surface area contributed by atoms with Crippen LogP contribution in [0.5, 0.6) is 0 Å². The van der Waals surface area contributed by atoms with Crippen LogP contribution in [0.1, 0.15) is 50.8 Å². The van der Waals surface area contributed by atoms with Crippen molar-refractivity contribution in [2.75, 3.05) is 6.54 Å². The number of benzene rings is 1. The van der Waals surface area contributed by atoms with Crippen molar-refractivity contribution >= 4 is 5.91 Å². The minimum absolute atomic E-state index is 0.326. The summed E-state index contributed by atoms with van der Waals surface area (Å²) in [5.74, 6) is 0.657. The zero-order chi connectivity index (χ0) is 13.7. The Labute approximate surface area is 110 Å². The van der Waals surface area contributed by atoms with Crippen molar-refractivity contribution in [1.29, 1.82) is 0 Å². The Kier molecular flexibility index (Phi) is 5.35. The fourth-order valence-corrected chi connectivity index (χ4v) is 1.81. The van der Waals surface area contributed by atoms with E-state index in [2.05, 4.69) is 45.1 Å². The van der Waals surface area contributed by atoms with E-state index in [1.54, 1.807) is 0 Å². The van der Waals surface area contributed by atoms with Crippen molar-refractivity contribution in [3.8, 4) is 0 Å². The maximum atomic E-state index is 11.5. The van der Waals surface area contributed by atoms with Crippen LogP contribution in [0.3, 0.4) is 0 Å². The fourth-order valence-electron chi connectivity index (χ4n) is 1.81. The number of nitrogens with one attached hydrogen (secondary N) is 1. The van der Waals surface area contributed by atoms with Gasteiger partial charge < -0.3 is 11.1 Å². The lowest BCUT2D eigenvalue weighted by Gasteiger charge is -2.18. The van der Waals surface area contributed by atoms with Crippen LogP contribution in [0, 0.1) is 5.92 Å². The van der Waals surface area contributed by atoms with Crippen molar-refractivity contribution in [2.24, 2.45) is 11.7 Å². The van der Waals surface area contributed by atoms with Gasteiger partial charge in [0.2, 0.25) is 5.91 Å². The molecule has 1 atom stereocenters. The van der Waals surface area contributed by atoms with E-state index >= 15 is 0 Å². The van der Waals surface area contributed by atoms with E-state index in [1.165, 1.54) is 5.56 Å². The molecule has 1 aromatic carbocycles. The van der Waals surface area contributed by atoms with E-state index in [1.807, 2.05) is 12.1 Å². The third kappa shape index (κ3) is 4.15. The zero-order valence-corrected chi connectivity index (χ0v) is 11.7. The number of hydrogen-bond donors (Lipinski definition) is 2. The smallest absolute Gasteiger partial charge is 0.239 e. The molecule has 1 unspecified atom stereocenters. The van der Waals surface area contributed by atoms with Gasteiger partial charge in [0.1, 0.15) is 6.04 Å². The Morgan fingerprint density at radius 2 is 1.61 bits per heavy atom. The van der Waals surface area contributed by atoms with Crippen molar-refractivity contribution in [3.05, 3.63) is 35.4 Å². The molecule has 0 radical (unpaired) electrons. The van der Waals surface area contributed by atoms with E-state index < -0.39 is 6.04 Å². The number of carbonyl (C=O) groups is 1. The lowest BCUT2D eigenvalue weighted by atomic mass is 9.98. The number of primary amides is 1. The van der Waals surface area contributed by atoms with E-state index in [0.29, 0.717) is 11.8 Å². The van der Waals surface area contributed by atoms with Gasteiger partial charge in [-0.15, -0.1) is 0 Å². The molecule has 100 valence electrons. The molecule has 0 aliphatic carbocycles. The molecule has 1 amide bonds. The van der Waals surface area contributed by atoms with Crippen LogP contribution in [-0.2, 0) is 4.79 Å². The summed E-state index contributed by atoms with van der Waals surface area (Å²) in [4.78, 5) is 11.5. The molecule has 0 bridgehead atoms. The van der Waals surface area contributed by atoms with Gasteiger partial charge in [-0.2, -0.15) is 0 Å². The first kappa shape index (κ1) is 14.7. The quantitative estimate of drug-likeness (QED) is 0.813. The highest BCUT2D eigenvalue weighted by molar-refractivity contribution is 5.81. The second-order valence-electron chi connectivity index (χ2n) is 5.46. The van der Waals surface area contributed by atoms with Crippen LogP contribution < -0.4 is 11.1 Å². The number of hydrogen-bond acceptors (Lipinski definition) is 2. The van der Waals surface area contributed by atoms with Gasteiger partial charge in [0.05, 0.1) is 0 Å². The van der Waals surface area contributed by atoms with Crippen molar-refractivity contribution < 1.29 is 4.79 Å². The molecule has 0 saturated heterocycles. The highest BCUT2D eigenvalue weighted by atomic mass is 16.1. The van der Waals surface area contributed by atoms with Gasteiger partial charge in [-0.1, -0.05) is 52.0 Å². The second kappa shape index (κ2) is 6.55. The fraction of sp³-hybridized carbons (Fsp3) is 0.533. The highest BCUT2D eigenvalue weighted by Crippen LogP contribution is 2.18. The molecule has 3 heteroatoms. The van der Waals surface area contributed by atoms with Crippen molar-refractivity contribution in [2.45, 2.75) is 39.7 Å². The van der Waals surface area contributed by atoms with Crippen LogP contribution >= 0.6 is 0 Å². The summed E-state index contributed by atoms with van der Waals surface area (Å²) >= 11 is 0. The van der Waals surface area contributed by atoms with Crippen LogP contribution in [0.25, 0.3) is 0 Å². The largest absolute Gasteiger partial charge is 0.368 e. The molecule has 0 fully saturated rings. The minimum atomic E-state index is -0.395. The molecule has 0 saturated carbocycles. The molecule has 0 aliphatic rings. The normalized spacial score (nSPS) is 13.0. The molecule has 1 aromatic rings. The molecule has 0 heterocycles. The summed E-state index contributed by atoms with van der Waals surface area (Å²) in [5.41, 5.74) is 7.66. The van der Waals surface area contributed by atoms with Gasteiger partial charge in [0.15, 0.2) is 0 Å². The van der Waals surface area contributed by atoms with Crippen LogP contribution in [0.4, 0.5) is 0 Å². The Bertz CT molecular complexity index is 382. The first-order valence-corrected chi connectivity index (χ1v) is 6.54. The summed E-state index contributed by atoms with van der Waals surface area (Å²) in [6, 6.07) is 7.70. The van der Waals surface area contributed by atoms with Gasteiger partial charge in [-0.05, 0) is 29.5 Å². The average molecular weight is 248 g/mol. The number of amides is 1. The zero-order valence-electron chi connectivity index (χ0n) is 11.7. The lowest BCUT2D eigenvalue weighted by Crippen LogP contribution is -2.35. The van der Waals surface area contributed by atoms with Gasteiger partial charge in [0, 0.05) is 0 Å². The summed E-state index contributed by atoms with van der Waals surface area (Å²) in [7, 11) is 0. The average Bonchev–Trinajstić information content (AvgIpc) is 2.29. The molecule has 3 nitrogen and oxygen atoms in total. The molecule has 1 rings (SSSR count). The van der Waals surface area contributed by atoms with Crippen LogP contribution in [0.15, 0.2) is 24.3 Å². The molecule has 0 aromatic heterocycles. The predicted octanol–water partition coefficient (Wildman–Crippen LogP) is 2.58. The molecular formula is C15H24N2O. The molecule has 18 heavy (non-hydrogen) atoms. The summed E-state index contributed by atoms with van der Waals surface area (Å²) in [6.07, 6.45) is 0. The summed E-state index contributed by atoms with van der Waals surface area (Å²) in [6.45, 7) is 9.29. The lowest BCUT2D eigenvalue weighted by molar-refractivity contribution is -0.120. The minimum Gasteiger partial charge on any atom is -0.368 e. The van der Waals surface area contributed by atoms with Gasteiger partial charge in [-0.25, -0.2) is 0 Å². The first-order valence-electron chi connectivity index (χ1n) is 6.54. The van der Waals surface area contributed by atoms with Crippen LogP contribution in [-0.4, -0.2) is 12.5 Å². The molecular weight excluding hydrogens is 224 g/mol. The Morgan fingerprint density at radius 3 is 2.00 bits per heavy atom. The summed E-state index contributed by atoms with van der Waals surface area (Å²) < 4.78 is 0. The topological polar surface area (TPSA) is 55.1 Å². The van der Waals surface area contributed by atoms with Gasteiger partial charge >= 0.3 is 0 Å². The molecule has 0 aliphatic heterocycles. The standard InChI is InChI=1S/C15H24N2O/c1-10(2)9-17-14(15(16)18)13-7-5-12(6-8-13)11(3)4/h5-8,10-11,14,17H,9H2,1-4H3,(H2,16,18). The predicted molar refractivity (Wildman–Crippen MR) is 75.3 cm³/mol. The van der Waals surface area contributed by atoms with Crippen molar-refractivity contribution in [1.82, 2.24) is 5.32 Å². The highest BCUT2D eigenvalue weighted by Gasteiger charge is 2.17. The van der Waals surface area contributed by atoms with E-state index in [-0.39, 0.29) is 5.91 Å². The molecule has 0 spiro atoms. The van der Waals surface area contributed by atoms with E-state index in [4.69, 9.17) is 5.73 Å². The van der Waals surface area contributed by atoms with Crippen molar-refractivity contribution in [3.63, 3.8) is 0 Å². The first-order chi connectivity index (χ1) is 8.41. The summed E-state index contributed by atoms with van der Waals surface area (Å²) in [5, 5.41) is 3.21. The molecule has 3 N–H and O–H groups in total. The maximum absolute atomic E-state index is 11.5.